The largest absolute Gasteiger partial charge is 0.337 e. The van der Waals surface area contributed by atoms with E-state index in [1.165, 1.54) is 6.07 Å². The Morgan fingerprint density at radius 2 is 2.17 bits per heavy atom. The van der Waals surface area contributed by atoms with Gasteiger partial charge in [0.15, 0.2) is 11.6 Å². The Morgan fingerprint density at radius 3 is 2.89 bits per heavy atom. The first kappa shape index (κ1) is 11.3. The monoisotopic (exact) mass is 251 g/mol. The molecule has 4 nitrogen and oxygen atoms in total. The number of benzene rings is 1. The standard InChI is InChI=1S/C12H11F2N3O/c13-8-4-3-7(6-9(8)14)11-16-12(18-17-11)10-2-1-5-15-10/h3-4,6,10,15H,1-2,5H2. The fraction of sp³-hybridized carbons (Fsp3) is 0.333. The molecule has 94 valence electrons. The van der Waals surface area contributed by atoms with Gasteiger partial charge in [-0.1, -0.05) is 5.16 Å². The molecule has 0 bridgehead atoms. The van der Waals surface area contributed by atoms with Crippen LogP contribution in [0.5, 0.6) is 0 Å². The number of hydrogen-bond acceptors (Lipinski definition) is 4. The maximum absolute atomic E-state index is 13.1. The normalized spacial score (nSPS) is 19.3. The van der Waals surface area contributed by atoms with Crippen LogP contribution in [0.15, 0.2) is 22.7 Å². The van der Waals surface area contributed by atoms with Crippen LogP contribution >= 0.6 is 0 Å². The molecule has 0 spiro atoms. The second-order valence-electron chi connectivity index (χ2n) is 4.23. The van der Waals surface area contributed by atoms with Crippen LogP contribution < -0.4 is 5.32 Å². The minimum atomic E-state index is -0.919. The molecule has 1 aromatic heterocycles. The molecule has 2 aromatic rings. The van der Waals surface area contributed by atoms with Crippen molar-refractivity contribution in [3.63, 3.8) is 0 Å². The lowest BCUT2D eigenvalue weighted by Gasteiger charge is -2.01. The molecule has 0 radical (unpaired) electrons. The maximum atomic E-state index is 13.1. The average Bonchev–Trinajstić information content (AvgIpc) is 3.01. The molecular weight excluding hydrogens is 240 g/mol. The molecule has 1 unspecified atom stereocenters. The van der Waals surface area contributed by atoms with Crippen LogP contribution in [-0.2, 0) is 0 Å². The molecule has 6 heteroatoms. The van der Waals surface area contributed by atoms with E-state index in [0.29, 0.717) is 11.5 Å². The second kappa shape index (κ2) is 4.45. The van der Waals surface area contributed by atoms with E-state index in [-0.39, 0.29) is 11.9 Å². The van der Waals surface area contributed by atoms with Crippen LogP contribution in [0.2, 0.25) is 0 Å². The Bertz CT molecular complexity index is 564. The highest BCUT2D eigenvalue weighted by Crippen LogP contribution is 2.24. The number of rotatable bonds is 2. The summed E-state index contributed by atoms with van der Waals surface area (Å²) >= 11 is 0. The summed E-state index contributed by atoms with van der Waals surface area (Å²) in [7, 11) is 0. The Labute approximate surface area is 102 Å². The van der Waals surface area contributed by atoms with Gasteiger partial charge in [0, 0.05) is 5.56 Å². The van der Waals surface area contributed by atoms with Gasteiger partial charge in [0.2, 0.25) is 11.7 Å². The van der Waals surface area contributed by atoms with E-state index >= 15 is 0 Å². The zero-order valence-electron chi connectivity index (χ0n) is 9.49. The van der Waals surface area contributed by atoms with Crippen molar-refractivity contribution in [1.82, 2.24) is 15.5 Å². The van der Waals surface area contributed by atoms with Gasteiger partial charge in [0.25, 0.3) is 0 Å². The van der Waals surface area contributed by atoms with E-state index in [2.05, 4.69) is 15.5 Å². The molecule has 2 heterocycles. The SMILES string of the molecule is Fc1ccc(-c2noc(C3CCCN3)n2)cc1F. The van der Waals surface area contributed by atoms with E-state index in [4.69, 9.17) is 4.52 Å². The van der Waals surface area contributed by atoms with Crippen molar-refractivity contribution < 1.29 is 13.3 Å². The number of aromatic nitrogens is 2. The molecule has 1 saturated heterocycles. The van der Waals surface area contributed by atoms with Gasteiger partial charge in [-0.15, -0.1) is 0 Å². The third kappa shape index (κ3) is 1.99. The van der Waals surface area contributed by atoms with Crippen molar-refractivity contribution in [1.29, 1.82) is 0 Å². The van der Waals surface area contributed by atoms with Gasteiger partial charge in [-0.25, -0.2) is 8.78 Å². The van der Waals surface area contributed by atoms with Gasteiger partial charge in [0.1, 0.15) is 0 Å². The van der Waals surface area contributed by atoms with E-state index in [1.54, 1.807) is 0 Å². The second-order valence-corrected chi connectivity index (χ2v) is 4.23. The zero-order valence-corrected chi connectivity index (χ0v) is 9.49. The van der Waals surface area contributed by atoms with E-state index < -0.39 is 11.6 Å². The molecule has 1 aliphatic heterocycles. The summed E-state index contributed by atoms with van der Waals surface area (Å²) in [6, 6.07) is 3.60. The Hall–Kier alpha value is -1.82. The van der Waals surface area contributed by atoms with E-state index in [9.17, 15) is 8.78 Å². The summed E-state index contributed by atoms with van der Waals surface area (Å²) in [6.45, 7) is 0.924. The summed E-state index contributed by atoms with van der Waals surface area (Å²) in [5.41, 5.74) is 0.405. The summed E-state index contributed by atoms with van der Waals surface area (Å²) in [6.07, 6.45) is 2.01. The predicted octanol–water partition coefficient (Wildman–Crippen LogP) is 2.44. The van der Waals surface area contributed by atoms with Crippen molar-refractivity contribution in [3.8, 4) is 11.4 Å². The maximum Gasteiger partial charge on any atom is 0.244 e. The quantitative estimate of drug-likeness (QED) is 0.890. The van der Waals surface area contributed by atoms with Crippen LogP contribution in [0.4, 0.5) is 8.78 Å². The topological polar surface area (TPSA) is 51.0 Å². The Morgan fingerprint density at radius 1 is 1.28 bits per heavy atom. The van der Waals surface area contributed by atoms with Crippen molar-refractivity contribution in [3.05, 3.63) is 35.7 Å². The first-order valence-corrected chi connectivity index (χ1v) is 5.76. The van der Waals surface area contributed by atoms with Crippen LogP contribution in [-0.4, -0.2) is 16.7 Å². The molecule has 1 fully saturated rings. The van der Waals surface area contributed by atoms with E-state index in [0.717, 1.165) is 31.5 Å². The first-order chi connectivity index (χ1) is 8.74. The van der Waals surface area contributed by atoms with Gasteiger partial charge in [-0.05, 0) is 37.6 Å². The number of nitrogens with one attached hydrogen (secondary N) is 1. The highest BCUT2D eigenvalue weighted by molar-refractivity contribution is 5.54. The fourth-order valence-corrected chi connectivity index (χ4v) is 2.02. The zero-order chi connectivity index (χ0) is 12.5. The molecule has 0 amide bonds. The summed E-state index contributed by atoms with van der Waals surface area (Å²) in [4.78, 5) is 4.20. The van der Waals surface area contributed by atoms with E-state index in [1.807, 2.05) is 0 Å². The highest BCUT2D eigenvalue weighted by Gasteiger charge is 2.22. The van der Waals surface area contributed by atoms with Crippen molar-refractivity contribution in [2.24, 2.45) is 0 Å². The molecule has 3 rings (SSSR count). The van der Waals surface area contributed by atoms with Gasteiger partial charge in [-0.2, -0.15) is 4.98 Å². The predicted molar refractivity (Wildman–Crippen MR) is 59.6 cm³/mol. The van der Waals surface area contributed by atoms with Crippen molar-refractivity contribution in [2.45, 2.75) is 18.9 Å². The molecule has 1 atom stereocenters. The molecular formula is C12H11F2N3O. The molecule has 1 N–H and O–H groups in total. The van der Waals surface area contributed by atoms with Gasteiger partial charge < -0.3 is 9.84 Å². The van der Waals surface area contributed by atoms with Crippen molar-refractivity contribution >= 4 is 0 Å². The number of nitrogens with zero attached hydrogens (tertiary/aromatic N) is 2. The third-order valence-corrected chi connectivity index (χ3v) is 2.98. The summed E-state index contributed by atoms with van der Waals surface area (Å²) < 4.78 is 31.0. The molecule has 18 heavy (non-hydrogen) atoms. The lowest BCUT2D eigenvalue weighted by molar-refractivity contribution is 0.345. The number of hydrogen-bond donors (Lipinski definition) is 1. The summed E-state index contributed by atoms with van der Waals surface area (Å²) in [5.74, 6) is -1.04. The molecule has 0 aliphatic carbocycles. The average molecular weight is 251 g/mol. The lowest BCUT2D eigenvalue weighted by Crippen LogP contribution is -2.12. The highest BCUT2D eigenvalue weighted by atomic mass is 19.2. The third-order valence-electron chi connectivity index (χ3n) is 2.98. The van der Waals surface area contributed by atoms with Gasteiger partial charge >= 0.3 is 0 Å². The smallest absolute Gasteiger partial charge is 0.244 e. The first-order valence-electron chi connectivity index (χ1n) is 5.76. The minimum Gasteiger partial charge on any atom is -0.337 e. The van der Waals surface area contributed by atoms with Gasteiger partial charge in [0.05, 0.1) is 6.04 Å². The van der Waals surface area contributed by atoms with Crippen LogP contribution in [0.3, 0.4) is 0 Å². The Balaban J connectivity index is 1.89. The molecule has 1 aromatic carbocycles. The van der Waals surface area contributed by atoms with Crippen LogP contribution in [0.25, 0.3) is 11.4 Å². The van der Waals surface area contributed by atoms with Crippen molar-refractivity contribution in [2.75, 3.05) is 6.54 Å². The minimum absolute atomic E-state index is 0.0662. The number of halogens is 2. The van der Waals surface area contributed by atoms with Crippen LogP contribution in [0.1, 0.15) is 24.8 Å². The Kier molecular flexibility index (Phi) is 2.79. The van der Waals surface area contributed by atoms with Gasteiger partial charge in [-0.3, -0.25) is 0 Å². The molecule has 1 aliphatic rings. The summed E-state index contributed by atoms with van der Waals surface area (Å²) in [5, 5.41) is 7.01. The fourth-order valence-electron chi connectivity index (χ4n) is 2.02. The lowest BCUT2D eigenvalue weighted by atomic mass is 10.2. The van der Waals surface area contributed by atoms with Crippen LogP contribution in [0, 0.1) is 11.6 Å². The molecule has 0 saturated carbocycles.